The Bertz CT molecular complexity index is 2680. The van der Waals surface area contributed by atoms with Crippen LogP contribution in [0.3, 0.4) is 0 Å². The molecule has 0 N–H and O–H groups in total. The van der Waals surface area contributed by atoms with Gasteiger partial charge in [0, 0.05) is 39.9 Å². The number of aromatic nitrogens is 1. The second-order valence-corrected chi connectivity index (χ2v) is 13.0. The summed E-state index contributed by atoms with van der Waals surface area (Å²) in [5.74, 6) is 0. The molecule has 0 saturated heterocycles. The first-order valence-electron chi connectivity index (χ1n) is 17.0. The summed E-state index contributed by atoms with van der Waals surface area (Å²) in [6, 6.07) is 66.5. The average Bonchev–Trinajstić information content (AvgIpc) is 3.50. The number of anilines is 3. The number of hydrogen-bond acceptors (Lipinski definition) is 1. The minimum Gasteiger partial charge on any atom is -0.310 e. The summed E-state index contributed by atoms with van der Waals surface area (Å²) in [5.41, 5.74) is 14.9. The van der Waals surface area contributed by atoms with Crippen molar-refractivity contribution in [2.45, 2.75) is 6.42 Å². The minimum atomic E-state index is 0.911. The average molecular weight is 625 g/mol. The Morgan fingerprint density at radius 1 is 0.347 bits per heavy atom. The lowest BCUT2D eigenvalue weighted by Crippen LogP contribution is -2.18. The summed E-state index contributed by atoms with van der Waals surface area (Å²) in [7, 11) is 0. The van der Waals surface area contributed by atoms with Crippen LogP contribution in [0.1, 0.15) is 11.1 Å². The summed E-state index contributed by atoms with van der Waals surface area (Å²) in [4.78, 5) is 2.43. The molecule has 0 bridgehead atoms. The van der Waals surface area contributed by atoms with Crippen molar-refractivity contribution in [3.05, 3.63) is 193 Å². The zero-order chi connectivity index (χ0) is 32.3. The van der Waals surface area contributed by atoms with E-state index >= 15 is 0 Å². The highest BCUT2D eigenvalue weighted by Gasteiger charge is 2.24. The first-order valence-corrected chi connectivity index (χ1v) is 17.0. The van der Waals surface area contributed by atoms with Crippen LogP contribution in [-0.2, 0) is 6.42 Å². The monoisotopic (exact) mass is 624 g/mol. The van der Waals surface area contributed by atoms with Gasteiger partial charge in [-0.3, -0.25) is 0 Å². The van der Waals surface area contributed by atoms with E-state index < -0.39 is 0 Å². The Morgan fingerprint density at radius 3 is 1.88 bits per heavy atom. The number of fused-ring (bicyclic) bond motifs is 6. The lowest BCUT2D eigenvalue weighted by molar-refractivity contribution is 1.09. The second-order valence-electron chi connectivity index (χ2n) is 13.0. The van der Waals surface area contributed by atoms with Crippen LogP contribution in [-0.4, -0.2) is 4.57 Å². The normalized spacial score (nSPS) is 12.4. The fraction of sp³-hybridized carbons (Fsp3) is 0.0213. The number of benzene rings is 8. The van der Waals surface area contributed by atoms with Crippen molar-refractivity contribution >= 4 is 49.6 Å². The molecule has 0 fully saturated rings. The molecule has 2 nitrogen and oxygen atoms in total. The molecule has 2 heterocycles. The molecule has 0 spiro atoms. The van der Waals surface area contributed by atoms with Crippen LogP contribution in [0.2, 0.25) is 0 Å². The van der Waals surface area contributed by atoms with Gasteiger partial charge in [-0.25, -0.2) is 0 Å². The fourth-order valence-corrected chi connectivity index (χ4v) is 7.80. The molecule has 0 amide bonds. The van der Waals surface area contributed by atoms with Gasteiger partial charge in [-0.1, -0.05) is 121 Å². The zero-order valence-corrected chi connectivity index (χ0v) is 26.9. The first kappa shape index (κ1) is 27.7. The SMILES string of the molecule is c1ccc(-c2ccc3c(c2)c2ccccc2n3-c2ccc(-c3ccc4c(c3)Cc3ccccc3N4c3ccc4ccccc4c3)cc2)cc1. The minimum absolute atomic E-state index is 0.911. The van der Waals surface area contributed by atoms with Crippen molar-refractivity contribution in [2.75, 3.05) is 4.90 Å². The Morgan fingerprint density at radius 2 is 0.980 bits per heavy atom. The van der Waals surface area contributed by atoms with E-state index in [0.717, 1.165) is 12.1 Å². The smallest absolute Gasteiger partial charge is 0.0541 e. The molecule has 0 atom stereocenters. The van der Waals surface area contributed by atoms with E-state index in [0.29, 0.717) is 0 Å². The van der Waals surface area contributed by atoms with Gasteiger partial charge in [0.1, 0.15) is 0 Å². The molecule has 1 aliphatic rings. The van der Waals surface area contributed by atoms with Crippen molar-refractivity contribution in [1.82, 2.24) is 4.57 Å². The number of hydrogen-bond donors (Lipinski definition) is 0. The summed E-state index contributed by atoms with van der Waals surface area (Å²) >= 11 is 0. The molecule has 10 rings (SSSR count). The van der Waals surface area contributed by atoms with E-state index in [1.54, 1.807) is 0 Å². The maximum atomic E-state index is 2.43. The van der Waals surface area contributed by atoms with Crippen LogP contribution in [0.15, 0.2) is 182 Å². The second kappa shape index (κ2) is 11.1. The van der Waals surface area contributed by atoms with Gasteiger partial charge in [0.05, 0.1) is 11.0 Å². The van der Waals surface area contributed by atoms with Gasteiger partial charge < -0.3 is 9.47 Å². The Hall–Kier alpha value is -6.38. The van der Waals surface area contributed by atoms with Gasteiger partial charge in [0.25, 0.3) is 0 Å². The molecular weight excluding hydrogens is 593 g/mol. The maximum absolute atomic E-state index is 2.43. The van der Waals surface area contributed by atoms with Crippen LogP contribution < -0.4 is 4.90 Å². The van der Waals surface area contributed by atoms with Gasteiger partial charge in [0.15, 0.2) is 0 Å². The molecule has 0 saturated carbocycles. The predicted octanol–water partition coefficient (Wildman–Crippen LogP) is 12.6. The number of nitrogens with zero attached hydrogens (tertiary/aromatic N) is 2. The predicted molar refractivity (Wildman–Crippen MR) is 207 cm³/mol. The molecule has 0 radical (unpaired) electrons. The van der Waals surface area contributed by atoms with Gasteiger partial charge in [0.2, 0.25) is 0 Å². The van der Waals surface area contributed by atoms with Crippen LogP contribution in [0.5, 0.6) is 0 Å². The number of para-hydroxylation sites is 2. The summed E-state index contributed by atoms with van der Waals surface area (Å²) in [5, 5.41) is 5.05. The topological polar surface area (TPSA) is 8.17 Å². The number of rotatable bonds is 4. The van der Waals surface area contributed by atoms with E-state index in [1.165, 1.54) is 83.0 Å². The molecule has 9 aromatic rings. The van der Waals surface area contributed by atoms with Crippen LogP contribution in [0, 0.1) is 0 Å². The highest BCUT2D eigenvalue weighted by Crippen LogP contribution is 2.45. The first-order chi connectivity index (χ1) is 24.3. The molecule has 230 valence electrons. The Balaban J connectivity index is 1.04. The van der Waals surface area contributed by atoms with E-state index in [9.17, 15) is 0 Å². The molecule has 0 aliphatic carbocycles. The van der Waals surface area contributed by atoms with Crippen LogP contribution >= 0.6 is 0 Å². The van der Waals surface area contributed by atoms with Crippen LogP contribution in [0.25, 0.3) is 60.5 Å². The van der Waals surface area contributed by atoms with Gasteiger partial charge in [-0.2, -0.15) is 0 Å². The van der Waals surface area contributed by atoms with E-state index in [1.807, 2.05) is 0 Å². The lowest BCUT2D eigenvalue weighted by Gasteiger charge is -2.34. The van der Waals surface area contributed by atoms with Crippen molar-refractivity contribution in [3.8, 4) is 27.9 Å². The van der Waals surface area contributed by atoms with Gasteiger partial charge >= 0.3 is 0 Å². The van der Waals surface area contributed by atoms with Crippen molar-refractivity contribution in [1.29, 1.82) is 0 Å². The summed E-state index contributed by atoms with van der Waals surface area (Å²) in [6.45, 7) is 0. The van der Waals surface area contributed by atoms with Gasteiger partial charge in [-0.05, 0) is 105 Å². The zero-order valence-electron chi connectivity index (χ0n) is 26.9. The standard InChI is InChI=1S/C47H32N2/c1-2-10-32(11-3-1)37-22-27-47-43(31-37)42-15-7-9-17-46(42)48(47)40-23-18-34(19-24-40)36-21-26-45-39(28-36)29-38-14-6-8-16-44(38)49(45)41-25-20-33-12-4-5-13-35(33)30-41/h1-28,30-31H,29H2. The van der Waals surface area contributed by atoms with E-state index in [-0.39, 0.29) is 0 Å². The maximum Gasteiger partial charge on any atom is 0.0541 e. The summed E-state index contributed by atoms with van der Waals surface area (Å²) in [6.07, 6.45) is 0.911. The third kappa shape index (κ3) is 4.57. The highest BCUT2D eigenvalue weighted by molar-refractivity contribution is 6.10. The largest absolute Gasteiger partial charge is 0.310 e. The highest BCUT2D eigenvalue weighted by atomic mass is 15.2. The molecular formula is C47H32N2. The van der Waals surface area contributed by atoms with Crippen molar-refractivity contribution < 1.29 is 0 Å². The third-order valence-corrected chi connectivity index (χ3v) is 10.2. The molecule has 0 unspecified atom stereocenters. The molecule has 1 aromatic heterocycles. The van der Waals surface area contributed by atoms with Crippen molar-refractivity contribution in [2.24, 2.45) is 0 Å². The summed E-state index contributed by atoms with van der Waals surface area (Å²) < 4.78 is 2.40. The molecule has 8 aromatic carbocycles. The molecule has 49 heavy (non-hydrogen) atoms. The van der Waals surface area contributed by atoms with Crippen molar-refractivity contribution in [3.63, 3.8) is 0 Å². The van der Waals surface area contributed by atoms with Gasteiger partial charge in [-0.15, -0.1) is 0 Å². The third-order valence-electron chi connectivity index (χ3n) is 10.2. The molecule has 2 heteroatoms. The Kier molecular flexibility index (Phi) is 6.28. The Labute approximate surface area is 285 Å². The van der Waals surface area contributed by atoms with E-state index in [4.69, 9.17) is 0 Å². The quantitative estimate of drug-likeness (QED) is 0.189. The van der Waals surface area contributed by atoms with Crippen LogP contribution in [0.4, 0.5) is 17.1 Å². The molecule has 1 aliphatic heterocycles. The fourth-order valence-electron chi connectivity index (χ4n) is 7.80. The van der Waals surface area contributed by atoms with E-state index in [2.05, 4.69) is 191 Å². The lowest BCUT2D eigenvalue weighted by atomic mass is 9.92.